The third kappa shape index (κ3) is 5.38. The Morgan fingerprint density at radius 2 is 1.69 bits per heavy atom. The molecule has 36 heavy (non-hydrogen) atoms. The second-order valence-corrected chi connectivity index (χ2v) is 11.3. The van der Waals surface area contributed by atoms with Gasteiger partial charge in [0.25, 0.3) is 0 Å². The van der Waals surface area contributed by atoms with Crippen molar-refractivity contribution in [1.82, 2.24) is 24.7 Å². The Kier molecular flexibility index (Phi) is 7.79. The molecule has 7 nitrogen and oxygen atoms in total. The van der Waals surface area contributed by atoms with Gasteiger partial charge in [0.15, 0.2) is 0 Å². The molecule has 3 aliphatic rings. The zero-order chi connectivity index (χ0) is 25.2. The number of nitrogens with zero attached hydrogens (tertiary/aromatic N) is 6. The second kappa shape index (κ2) is 11.0. The summed E-state index contributed by atoms with van der Waals surface area (Å²) < 4.78 is 0. The first-order valence-corrected chi connectivity index (χ1v) is 13.9. The number of carbonyl (C=O) groups excluding carboxylic acids is 1. The molecule has 2 aliphatic heterocycles. The van der Waals surface area contributed by atoms with Crippen LogP contribution in [-0.2, 0) is 11.2 Å². The second-order valence-electron chi connectivity index (χ2n) is 10.8. The van der Waals surface area contributed by atoms with Crippen molar-refractivity contribution in [2.24, 2.45) is 0 Å². The SMILES string of the molecule is CC(C)N1CCN(C[C@H](C(=O)N2CCN(c3ncnc4c3[C@H](C)CC4)CC2)c2ccc(Cl)cc2)CC1. The molecule has 0 bridgehead atoms. The van der Waals surface area contributed by atoms with Gasteiger partial charge in [-0.15, -0.1) is 0 Å². The average molecular weight is 511 g/mol. The highest BCUT2D eigenvalue weighted by Gasteiger charge is 2.33. The fraction of sp³-hybridized carbons (Fsp3) is 0.607. The Bertz CT molecular complexity index is 1040. The lowest BCUT2D eigenvalue weighted by Gasteiger charge is -2.40. The van der Waals surface area contributed by atoms with Crippen molar-refractivity contribution in [2.45, 2.75) is 51.5 Å². The van der Waals surface area contributed by atoms with Crippen molar-refractivity contribution in [2.75, 3.05) is 63.8 Å². The van der Waals surface area contributed by atoms with E-state index in [1.807, 2.05) is 24.3 Å². The number of halogens is 1. The number of aromatic nitrogens is 2. The van der Waals surface area contributed by atoms with Crippen LogP contribution in [-0.4, -0.2) is 95.5 Å². The number of anilines is 1. The van der Waals surface area contributed by atoms with E-state index in [4.69, 9.17) is 11.6 Å². The summed E-state index contributed by atoms with van der Waals surface area (Å²) in [6, 6.07) is 8.43. The predicted octanol–water partition coefficient (Wildman–Crippen LogP) is 3.64. The highest BCUT2D eigenvalue weighted by molar-refractivity contribution is 6.30. The van der Waals surface area contributed by atoms with Gasteiger partial charge in [-0.05, 0) is 50.3 Å². The lowest BCUT2D eigenvalue weighted by Crippen LogP contribution is -2.53. The highest BCUT2D eigenvalue weighted by atomic mass is 35.5. The van der Waals surface area contributed by atoms with Crippen molar-refractivity contribution in [3.63, 3.8) is 0 Å². The first kappa shape index (κ1) is 25.4. The lowest BCUT2D eigenvalue weighted by atomic mass is 9.96. The lowest BCUT2D eigenvalue weighted by molar-refractivity contribution is -0.133. The van der Waals surface area contributed by atoms with Crippen molar-refractivity contribution >= 4 is 23.3 Å². The van der Waals surface area contributed by atoms with Crippen LogP contribution in [0.15, 0.2) is 30.6 Å². The Labute approximate surface area is 220 Å². The zero-order valence-corrected chi connectivity index (χ0v) is 22.6. The number of benzene rings is 1. The van der Waals surface area contributed by atoms with Crippen LogP contribution in [0.3, 0.4) is 0 Å². The van der Waals surface area contributed by atoms with Crippen LogP contribution in [0.25, 0.3) is 0 Å². The number of rotatable bonds is 6. The molecule has 2 saturated heterocycles. The quantitative estimate of drug-likeness (QED) is 0.591. The Morgan fingerprint density at radius 3 is 2.36 bits per heavy atom. The van der Waals surface area contributed by atoms with Gasteiger partial charge in [0.1, 0.15) is 12.1 Å². The molecule has 2 atom stereocenters. The topological polar surface area (TPSA) is 55.8 Å². The van der Waals surface area contributed by atoms with Crippen LogP contribution >= 0.6 is 11.6 Å². The molecule has 2 aromatic rings. The highest BCUT2D eigenvalue weighted by Crippen LogP contribution is 2.37. The van der Waals surface area contributed by atoms with Crippen LogP contribution < -0.4 is 4.90 Å². The van der Waals surface area contributed by atoms with Gasteiger partial charge in [0, 0.05) is 81.2 Å². The van der Waals surface area contributed by atoms with Crippen LogP contribution in [0, 0.1) is 0 Å². The maximum atomic E-state index is 13.9. The van der Waals surface area contributed by atoms with Gasteiger partial charge < -0.3 is 9.80 Å². The molecular weight excluding hydrogens is 472 g/mol. The molecule has 0 radical (unpaired) electrons. The summed E-state index contributed by atoms with van der Waals surface area (Å²) in [5.74, 6) is 1.63. The van der Waals surface area contributed by atoms with Gasteiger partial charge in [0.05, 0.1) is 5.92 Å². The first-order valence-electron chi connectivity index (χ1n) is 13.5. The van der Waals surface area contributed by atoms with E-state index in [0.717, 1.165) is 83.1 Å². The smallest absolute Gasteiger partial charge is 0.231 e. The van der Waals surface area contributed by atoms with Gasteiger partial charge in [-0.1, -0.05) is 30.7 Å². The summed E-state index contributed by atoms with van der Waals surface area (Å²) in [7, 11) is 0. The zero-order valence-electron chi connectivity index (χ0n) is 21.9. The summed E-state index contributed by atoms with van der Waals surface area (Å²) in [5.41, 5.74) is 3.57. The maximum Gasteiger partial charge on any atom is 0.231 e. The van der Waals surface area contributed by atoms with Crippen molar-refractivity contribution in [3.8, 4) is 0 Å². The summed E-state index contributed by atoms with van der Waals surface area (Å²) >= 11 is 6.18. The first-order chi connectivity index (χ1) is 17.4. The molecule has 5 rings (SSSR count). The van der Waals surface area contributed by atoms with E-state index in [0.29, 0.717) is 17.0 Å². The van der Waals surface area contributed by atoms with E-state index < -0.39 is 0 Å². The minimum absolute atomic E-state index is 0.178. The van der Waals surface area contributed by atoms with Crippen molar-refractivity contribution in [1.29, 1.82) is 0 Å². The number of hydrogen-bond donors (Lipinski definition) is 0. The van der Waals surface area contributed by atoms with Crippen molar-refractivity contribution < 1.29 is 4.79 Å². The van der Waals surface area contributed by atoms with Gasteiger partial charge >= 0.3 is 0 Å². The molecule has 1 amide bonds. The van der Waals surface area contributed by atoms with Gasteiger partial charge in [0.2, 0.25) is 5.91 Å². The van der Waals surface area contributed by atoms with Gasteiger partial charge in [-0.25, -0.2) is 9.97 Å². The fourth-order valence-corrected chi connectivity index (χ4v) is 6.10. The fourth-order valence-electron chi connectivity index (χ4n) is 5.98. The predicted molar refractivity (Wildman–Crippen MR) is 145 cm³/mol. The summed E-state index contributed by atoms with van der Waals surface area (Å²) in [5, 5.41) is 0.704. The monoisotopic (exact) mass is 510 g/mol. The minimum atomic E-state index is -0.178. The normalized spacial score (nSPS) is 22.2. The van der Waals surface area contributed by atoms with Crippen LogP contribution in [0.5, 0.6) is 0 Å². The summed E-state index contributed by atoms with van der Waals surface area (Å²) in [6.07, 6.45) is 3.89. The molecule has 0 unspecified atom stereocenters. The van der Waals surface area contributed by atoms with E-state index >= 15 is 0 Å². The number of hydrogen-bond acceptors (Lipinski definition) is 6. The molecule has 0 saturated carbocycles. The minimum Gasteiger partial charge on any atom is -0.353 e. The summed E-state index contributed by atoms with van der Waals surface area (Å²) in [4.78, 5) is 32.5. The summed E-state index contributed by atoms with van der Waals surface area (Å²) in [6.45, 7) is 14.7. The van der Waals surface area contributed by atoms with Crippen LogP contribution in [0.4, 0.5) is 5.82 Å². The van der Waals surface area contributed by atoms with Crippen molar-refractivity contribution in [3.05, 3.63) is 52.4 Å². The molecule has 1 aliphatic carbocycles. The maximum absolute atomic E-state index is 13.9. The Balaban J connectivity index is 1.27. The van der Waals surface area contributed by atoms with Crippen LogP contribution in [0.2, 0.25) is 5.02 Å². The third-order valence-corrected chi connectivity index (χ3v) is 8.54. The molecule has 2 fully saturated rings. The molecule has 194 valence electrons. The van der Waals surface area contributed by atoms with Crippen LogP contribution in [0.1, 0.15) is 55.8 Å². The average Bonchev–Trinajstić information content (AvgIpc) is 3.29. The van der Waals surface area contributed by atoms with E-state index in [1.165, 1.54) is 11.3 Å². The number of amides is 1. The van der Waals surface area contributed by atoms with E-state index in [2.05, 4.69) is 50.3 Å². The molecule has 0 N–H and O–H groups in total. The Hall–Kier alpha value is -2.22. The molecular formula is C28H39ClN6O. The van der Waals surface area contributed by atoms with Gasteiger partial charge in [-0.3, -0.25) is 14.6 Å². The standard InChI is InChI=1S/C28H39ClN6O/c1-20(2)33-12-10-32(11-13-33)18-24(22-5-7-23(29)8-6-22)28(36)35-16-14-34(15-17-35)27-26-21(3)4-9-25(26)30-19-31-27/h5-8,19-21,24H,4,9-18H2,1-3H3/t21-,24+/m1/s1. The molecule has 0 spiro atoms. The van der Waals surface area contributed by atoms with E-state index in [9.17, 15) is 4.79 Å². The number of fused-ring (bicyclic) bond motifs is 1. The molecule has 8 heteroatoms. The largest absolute Gasteiger partial charge is 0.353 e. The number of aryl methyl sites for hydroxylation is 1. The molecule has 1 aromatic heterocycles. The number of piperazine rings is 2. The van der Waals surface area contributed by atoms with E-state index in [1.54, 1.807) is 6.33 Å². The molecule has 1 aromatic carbocycles. The molecule has 3 heterocycles. The third-order valence-electron chi connectivity index (χ3n) is 8.29. The van der Waals surface area contributed by atoms with Gasteiger partial charge in [-0.2, -0.15) is 0 Å². The Morgan fingerprint density at radius 1 is 1.00 bits per heavy atom. The number of carbonyl (C=O) groups is 1. The van der Waals surface area contributed by atoms with E-state index in [-0.39, 0.29) is 11.8 Å².